The lowest BCUT2D eigenvalue weighted by atomic mass is 10.0. The first-order valence-corrected chi connectivity index (χ1v) is 9.29. The molecule has 0 aliphatic heterocycles. The van der Waals surface area contributed by atoms with Crippen LogP contribution in [0.1, 0.15) is 49.7 Å². The average molecular weight is 475 g/mol. The second-order valence-electron chi connectivity index (χ2n) is 6.87. The van der Waals surface area contributed by atoms with Gasteiger partial charge in [0.05, 0.1) is 13.2 Å². The minimum absolute atomic E-state index is 0. The fourth-order valence-electron chi connectivity index (χ4n) is 2.85. The summed E-state index contributed by atoms with van der Waals surface area (Å²) in [6, 6.07) is 9.54. The van der Waals surface area contributed by atoms with E-state index in [0.717, 1.165) is 25.5 Å². The summed E-state index contributed by atoms with van der Waals surface area (Å²) < 4.78 is 10.4. The molecule has 1 saturated carbocycles. The van der Waals surface area contributed by atoms with Gasteiger partial charge in [-0.1, -0.05) is 38.1 Å². The largest absolute Gasteiger partial charge is 0.382 e. The van der Waals surface area contributed by atoms with Crippen molar-refractivity contribution >= 4 is 29.9 Å². The van der Waals surface area contributed by atoms with Crippen LogP contribution in [-0.4, -0.2) is 52.5 Å². The lowest BCUT2D eigenvalue weighted by Gasteiger charge is -2.12. The summed E-state index contributed by atoms with van der Waals surface area (Å²) in [6.45, 7) is 7.36. The van der Waals surface area contributed by atoms with Gasteiger partial charge in [0, 0.05) is 39.3 Å². The normalized spacial score (nSPS) is 19.2. The van der Waals surface area contributed by atoms with E-state index in [9.17, 15) is 0 Å². The first-order chi connectivity index (χ1) is 12.2. The molecule has 0 aromatic heterocycles. The third-order valence-electron chi connectivity index (χ3n) is 4.56. The zero-order chi connectivity index (χ0) is 18.1. The SMILES string of the molecule is CN=C(NCCCOCCOC)NC1CC1c1ccc(C(C)C)cc1.I. The van der Waals surface area contributed by atoms with Crippen LogP contribution in [0.2, 0.25) is 0 Å². The zero-order valence-electron chi connectivity index (χ0n) is 16.5. The van der Waals surface area contributed by atoms with E-state index in [2.05, 4.69) is 53.7 Å². The molecule has 6 heteroatoms. The van der Waals surface area contributed by atoms with Crippen LogP contribution in [-0.2, 0) is 9.47 Å². The molecular weight excluding hydrogens is 441 g/mol. The summed E-state index contributed by atoms with van der Waals surface area (Å²) in [7, 11) is 3.50. The van der Waals surface area contributed by atoms with Crippen LogP contribution in [0.3, 0.4) is 0 Å². The highest BCUT2D eigenvalue weighted by Gasteiger charge is 2.38. The first kappa shape index (κ1) is 23.2. The Morgan fingerprint density at radius 1 is 1.19 bits per heavy atom. The number of rotatable bonds is 10. The van der Waals surface area contributed by atoms with Crippen molar-refractivity contribution in [3.63, 3.8) is 0 Å². The second kappa shape index (κ2) is 12.5. The Labute approximate surface area is 175 Å². The van der Waals surface area contributed by atoms with Crippen LogP contribution in [0.25, 0.3) is 0 Å². The van der Waals surface area contributed by atoms with E-state index >= 15 is 0 Å². The highest BCUT2D eigenvalue weighted by atomic mass is 127. The summed E-state index contributed by atoms with van der Waals surface area (Å²) in [5, 5.41) is 6.87. The lowest BCUT2D eigenvalue weighted by Crippen LogP contribution is -2.39. The minimum atomic E-state index is 0. The molecule has 0 bridgehead atoms. The Morgan fingerprint density at radius 2 is 1.92 bits per heavy atom. The average Bonchev–Trinajstić information content (AvgIpc) is 3.39. The van der Waals surface area contributed by atoms with Crippen LogP contribution in [0.5, 0.6) is 0 Å². The molecule has 1 aromatic rings. The fourth-order valence-corrected chi connectivity index (χ4v) is 2.85. The fraction of sp³-hybridized carbons (Fsp3) is 0.650. The summed E-state index contributed by atoms with van der Waals surface area (Å²) in [4.78, 5) is 4.31. The van der Waals surface area contributed by atoms with Crippen LogP contribution in [0.15, 0.2) is 29.3 Å². The Balaban J connectivity index is 0.00000338. The number of halogens is 1. The maximum absolute atomic E-state index is 5.46. The third-order valence-corrected chi connectivity index (χ3v) is 4.56. The zero-order valence-corrected chi connectivity index (χ0v) is 18.8. The number of nitrogens with zero attached hydrogens (tertiary/aromatic N) is 1. The molecule has 0 heterocycles. The Hall–Kier alpha value is -0.860. The molecule has 2 rings (SSSR count). The highest BCUT2D eigenvalue weighted by molar-refractivity contribution is 14.0. The van der Waals surface area contributed by atoms with E-state index in [-0.39, 0.29) is 24.0 Å². The standard InChI is InChI=1S/C20H33N3O2.HI/c1-15(2)16-6-8-17(9-7-16)18-14-19(18)23-20(21-3)22-10-5-11-25-13-12-24-4;/h6-9,15,18-19H,5,10-14H2,1-4H3,(H2,21,22,23);1H. The molecule has 2 N–H and O–H groups in total. The van der Waals surface area contributed by atoms with Gasteiger partial charge in [-0.05, 0) is 29.9 Å². The monoisotopic (exact) mass is 475 g/mol. The molecule has 0 radical (unpaired) electrons. The molecule has 1 aliphatic carbocycles. The van der Waals surface area contributed by atoms with Crippen molar-refractivity contribution in [2.45, 2.75) is 44.6 Å². The highest BCUT2D eigenvalue weighted by Crippen LogP contribution is 2.41. The topological polar surface area (TPSA) is 54.9 Å². The second-order valence-corrected chi connectivity index (χ2v) is 6.87. The molecule has 148 valence electrons. The Morgan fingerprint density at radius 3 is 2.54 bits per heavy atom. The van der Waals surface area contributed by atoms with Crippen LogP contribution in [0, 0.1) is 0 Å². The summed E-state index contributed by atoms with van der Waals surface area (Å²) in [6.07, 6.45) is 2.12. The van der Waals surface area contributed by atoms with Crippen molar-refractivity contribution in [3.05, 3.63) is 35.4 Å². The van der Waals surface area contributed by atoms with Gasteiger partial charge in [-0.15, -0.1) is 24.0 Å². The molecule has 1 aromatic carbocycles. The van der Waals surface area contributed by atoms with E-state index in [4.69, 9.17) is 9.47 Å². The number of ether oxygens (including phenoxy) is 2. The Kier molecular flexibility index (Phi) is 11.2. The van der Waals surface area contributed by atoms with Gasteiger partial charge in [-0.3, -0.25) is 4.99 Å². The van der Waals surface area contributed by atoms with Gasteiger partial charge in [-0.2, -0.15) is 0 Å². The van der Waals surface area contributed by atoms with Crippen molar-refractivity contribution < 1.29 is 9.47 Å². The van der Waals surface area contributed by atoms with Gasteiger partial charge in [0.15, 0.2) is 5.96 Å². The molecule has 5 nitrogen and oxygen atoms in total. The number of benzene rings is 1. The maximum atomic E-state index is 5.46. The van der Waals surface area contributed by atoms with Crippen LogP contribution in [0.4, 0.5) is 0 Å². The van der Waals surface area contributed by atoms with Gasteiger partial charge in [0.25, 0.3) is 0 Å². The number of hydrogen-bond acceptors (Lipinski definition) is 3. The lowest BCUT2D eigenvalue weighted by molar-refractivity contribution is 0.0698. The van der Waals surface area contributed by atoms with Gasteiger partial charge < -0.3 is 20.1 Å². The Bertz CT molecular complexity index is 534. The molecule has 1 fully saturated rings. The van der Waals surface area contributed by atoms with Gasteiger partial charge in [0.2, 0.25) is 0 Å². The number of nitrogens with one attached hydrogen (secondary N) is 2. The predicted octanol–water partition coefficient (Wildman–Crippen LogP) is 3.50. The predicted molar refractivity (Wildman–Crippen MR) is 119 cm³/mol. The van der Waals surface area contributed by atoms with Gasteiger partial charge in [0.1, 0.15) is 0 Å². The summed E-state index contributed by atoms with van der Waals surface area (Å²) in [5.41, 5.74) is 2.82. The summed E-state index contributed by atoms with van der Waals surface area (Å²) in [5.74, 6) is 2.06. The number of hydrogen-bond donors (Lipinski definition) is 2. The quantitative estimate of drug-likeness (QED) is 0.236. The van der Waals surface area contributed by atoms with Crippen molar-refractivity contribution in [1.82, 2.24) is 10.6 Å². The molecule has 1 aliphatic rings. The molecule has 0 amide bonds. The van der Waals surface area contributed by atoms with Crippen LogP contribution >= 0.6 is 24.0 Å². The number of aliphatic imine (C=N–C) groups is 1. The van der Waals surface area contributed by atoms with Gasteiger partial charge >= 0.3 is 0 Å². The molecule has 0 saturated heterocycles. The van der Waals surface area contributed by atoms with E-state index in [1.807, 2.05) is 7.05 Å². The molecule has 2 unspecified atom stereocenters. The van der Waals surface area contributed by atoms with E-state index in [1.165, 1.54) is 17.5 Å². The first-order valence-electron chi connectivity index (χ1n) is 9.29. The molecular formula is C20H34IN3O2. The maximum Gasteiger partial charge on any atom is 0.191 e. The van der Waals surface area contributed by atoms with Crippen molar-refractivity contribution in [2.24, 2.45) is 4.99 Å². The van der Waals surface area contributed by atoms with E-state index in [0.29, 0.717) is 31.1 Å². The third kappa shape index (κ3) is 7.80. The minimum Gasteiger partial charge on any atom is -0.382 e. The molecule has 26 heavy (non-hydrogen) atoms. The van der Waals surface area contributed by atoms with Crippen LogP contribution < -0.4 is 10.6 Å². The number of guanidine groups is 1. The smallest absolute Gasteiger partial charge is 0.191 e. The van der Waals surface area contributed by atoms with Gasteiger partial charge in [-0.25, -0.2) is 0 Å². The summed E-state index contributed by atoms with van der Waals surface area (Å²) >= 11 is 0. The van der Waals surface area contributed by atoms with Crippen molar-refractivity contribution in [3.8, 4) is 0 Å². The van der Waals surface area contributed by atoms with E-state index in [1.54, 1.807) is 7.11 Å². The molecule has 0 spiro atoms. The molecule has 2 atom stereocenters. The van der Waals surface area contributed by atoms with E-state index < -0.39 is 0 Å². The number of methoxy groups -OCH3 is 1. The van der Waals surface area contributed by atoms with Crippen molar-refractivity contribution in [1.29, 1.82) is 0 Å². The van der Waals surface area contributed by atoms with Crippen molar-refractivity contribution in [2.75, 3.05) is 40.5 Å².